The molecule has 20 heavy (non-hydrogen) atoms. The molecule has 1 aliphatic heterocycles. The highest BCUT2D eigenvalue weighted by atomic mass is 32.2. The van der Waals surface area contributed by atoms with Crippen LogP contribution in [0.2, 0.25) is 0 Å². The first-order valence-corrected chi connectivity index (χ1v) is 8.83. The summed E-state index contributed by atoms with van der Waals surface area (Å²) in [6, 6.07) is 5.75. The van der Waals surface area contributed by atoms with Crippen LogP contribution in [0.15, 0.2) is 23.1 Å². The molecule has 1 saturated heterocycles. The molecule has 2 aliphatic rings. The third kappa shape index (κ3) is 2.63. The molecule has 2 N–H and O–H groups in total. The number of ether oxygens (including phenoxy) is 1. The van der Waals surface area contributed by atoms with Gasteiger partial charge in [-0.3, -0.25) is 4.21 Å². The van der Waals surface area contributed by atoms with Crippen LogP contribution in [0.1, 0.15) is 44.1 Å². The molecule has 1 aromatic rings. The summed E-state index contributed by atoms with van der Waals surface area (Å²) >= 11 is 0. The first kappa shape index (κ1) is 14.1. The summed E-state index contributed by atoms with van der Waals surface area (Å²) in [5, 5.41) is 0. The van der Waals surface area contributed by atoms with Gasteiger partial charge in [0.15, 0.2) is 0 Å². The summed E-state index contributed by atoms with van der Waals surface area (Å²) in [6.07, 6.45) is 7.23. The number of rotatable bonds is 3. The van der Waals surface area contributed by atoms with Gasteiger partial charge in [0.2, 0.25) is 0 Å². The van der Waals surface area contributed by atoms with Gasteiger partial charge in [-0.1, -0.05) is 25.0 Å². The second kappa shape index (κ2) is 5.49. The molecule has 0 radical (unpaired) electrons. The van der Waals surface area contributed by atoms with E-state index in [1.165, 1.54) is 25.7 Å². The van der Waals surface area contributed by atoms with Crippen LogP contribution in [-0.2, 0) is 15.5 Å². The van der Waals surface area contributed by atoms with Crippen molar-refractivity contribution >= 4 is 16.5 Å². The van der Waals surface area contributed by atoms with E-state index in [0.29, 0.717) is 11.4 Å². The number of nitrogens with two attached hydrogens (primary N) is 1. The normalized spacial score (nSPS) is 26.1. The third-order valence-electron chi connectivity index (χ3n) is 4.72. The molecule has 0 bridgehead atoms. The summed E-state index contributed by atoms with van der Waals surface area (Å²) < 4.78 is 18.8. The number of hydrogen-bond donors (Lipinski definition) is 1. The Hall–Kier alpha value is -0.870. The lowest BCUT2D eigenvalue weighted by atomic mass is 9.98. The lowest BCUT2D eigenvalue weighted by molar-refractivity contribution is -0.0270. The van der Waals surface area contributed by atoms with Crippen molar-refractivity contribution in [2.45, 2.75) is 62.0 Å². The Morgan fingerprint density at radius 1 is 1.35 bits per heavy atom. The number of aryl methyl sites for hydroxylation is 1. The van der Waals surface area contributed by atoms with Crippen molar-refractivity contribution < 1.29 is 8.95 Å². The maximum atomic E-state index is 12.5. The number of nitrogen functional groups attached to an aromatic ring is 1. The van der Waals surface area contributed by atoms with E-state index < -0.39 is 10.8 Å². The van der Waals surface area contributed by atoms with Crippen molar-refractivity contribution in [2.24, 2.45) is 0 Å². The summed E-state index contributed by atoms with van der Waals surface area (Å²) in [5.74, 6) is 0.579. The maximum Gasteiger partial charge on any atom is 0.0702 e. The Kier molecular flexibility index (Phi) is 3.87. The van der Waals surface area contributed by atoms with Crippen LogP contribution >= 0.6 is 0 Å². The van der Waals surface area contributed by atoms with Gasteiger partial charge in [0.05, 0.1) is 38.8 Å². The van der Waals surface area contributed by atoms with Crippen molar-refractivity contribution in [3.05, 3.63) is 23.8 Å². The number of para-hydroxylation sites is 1. The molecule has 0 aromatic heterocycles. The zero-order chi connectivity index (χ0) is 14.2. The highest BCUT2D eigenvalue weighted by Gasteiger charge is 2.42. The van der Waals surface area contributed by atoms with E-state index in [9.17, 15) is 4.21 Å². The molecule has 110 valence electrons. The van der Waals surface area contributed by atoms with Gasteiger partial charge in [0.1, 0.15) is 0 Å². The van der Waals surface area contributed by atoms with Crippen molar-refractivity contribution in [1.29, 1.82) is 0 Å². The predicted molar refractivity (Wildman–Crippen MR) is 82.2 cm³/mol. The van der Waals surface area contributed by atoms with E-state index >= 15 is 0 Å². The van der Waals surface area contributed by atoms with E-state index in [-0.39, 0.29) is 11.7 Å². The second-order valence-corrected chi connectivity index (χ2v) is 7.63. The van der Waals surface area contributed by atoms with Crippen LogP contribution in [0.25, 0.3) is 0 Å². The fourth-order valence-electron chi connectivity index (χ4n) is 3.51. The van der Waals surface area contributed by atoms with Gasteiger partial charge in [0, 0.05) is 0 Å². The molecule has 3 nitrogen and oxygen atoms in total. The van der Waals surface area contributed by atoms with Crippen LogP contribution in [-0.4, -0.2) is 21.7 Å². The monoisotopic (exact) mass is 293 g/mol. The van der Waals surface area contributed by atoms with E-state index in [4.69, 9.17) is 10.5 Å². The molecular weight excluding hydrogens is 270 g/mol. The molecule has 2 unspecified atom stereocenters. The highest BCUT2D eigenvalue weighted by molar-refractivity contribution is 7.85. The van der Waals surface area contributed by atoms with E-state index in [1.54, 1.807) is 0 Å². The summed E-state index contributed by atoms with van der Waals surface area (Å²) in [4.78, 5) is 0.765. The molecule has 3 rings (SSSR count). The number of anilines is 1. The minimum Gasteiger partial charge on any atom is -0.398 e. The molecule has 2 atom stereocenters. The average molecular weight is 293 g/mol. The summed E-state index contributed by atoms with van der Waals surface area (Å²) in [7, 11) is -1.06. The van der Waals surface area contributed by atoms with Crippen LogP contribution in [0.4, 0.5) is 5.69 Å². The second-order valence-electron chi connectivity index (χ2n) is 6.17. The molecule has 1 heterocycles. The van der Waals surface area contributed by atoms with Gasteiger partial charge in [-0.25, -0.2) is 0 Å². The first-order chi connectivity index (χ1) is 9.60. The maximum absolute atomic E-state index is 12.5. The van der Waals surface area contributed by atoms with Gasteiger partial charge in [-0.05, 0) is 44.2 Å². The third-order valence-corrected chi connectivity index (χ3v) is 6.24. The van der Waals surface area contributed by atoms with Crippen molar-refractivity contribution in [2.75, 3.05) is 11.5 Å². The zero-order valence-corrected chi connectivity index (χ0v) is 12.9. The average Bonchev–Trinajstić information content (AvgIpc) is 3.04. The van der Waals surface area contributed by atoms with Crippen molar-refractivity contribution in [3.63, 3.8) is 0 Å². The summed E-state index contributed by atoms with van der Waals surface area (Å²) in [5.41, 5.74) is 7.82. The smallest absolute Gasteiger partial charge is 0.0702 e. The summed E-state index contributed by atoms with van der Waals surface area (Å²) in [6.45, 7) is 1.95. The molecule has 2 fully saturated rings. The Labute approximate surface area is 123 Å². The van der Waals surface area contributed by atoms with Crippen molar-refractivity contribution in [3.8, 4) is 0 Å². The van der Waals surface area contributed by atoms with E-state index in [1.807, 2.05) is 25.1 Å². The first-order valence-electron chi connectivity index (χ1n) is 7.51. The van der Waals surface area contributed by atoms with Crippen molar-refractivity contribution in [1.82, 2.24) is 0 Å². The Morgan fingerprint density at radius 2 is 2.10 bits per heavy atom. The molecule has 1 saturated carbocycles. The number of benzene rings is 1. The van der Waals surface area contributed by atoms with Gasteiger partial charge in [0.25, 0.3) is 0 Å². The minimum atomic E-state index is -1.06. The molecule has 1 aliphatic carbocycles. The Balaban J connectivity index is 1.66. The topological polar surface area (TPSA) is 52.3 Å². The van der Waals surface area contributed by atoms with E-state index in [2.05, 4.69) is 0 Å². The fourth-order valence-corrected chi connectivity index (χ4v) is 4.90. The standard InChI is InChI=1S/C16H23NO2S/c1-12-5-4-6-14(15(12)17)20(18)11-13-7-10-16(19-13)8-2-3-9-16/h4-6,13H,2-3,7-11,17H2,1H3. The number of hydrogen-bond acceptors (Lipinski definition) is 3. The quantitative estimate of drug-likeness (QED) is 0.871. The van der Waals surface area contributed by atoms with Gasteiger partial charge in [-0.2, -0.15) is 0 Å². The highest BCUT2D eigenvalue weighted by Crippen LogP contribution is 2.43. The predicted octanol–water partition coefficient (Wildman–Crippen LogP) is 3.18. The molecule has 1 aromatic carbocycles. The lowest BCUT2D eigenvalue weighted by Gasteiger charge is -2.23. The molecule has 4 heteroatoms. The van der Waals surface area contributed by atoms with Crippen LogP contribution in [0, 0.1) is 6.92 Å². The van der Waals surface area contributed by atoms with Gasteiger partial charge in [-0.15, -0.1) is 0 Å². The lowest BCUT2D eigenvalue weighted by Crippen LogP contribution is -2.27. The SMILES string of the molecule is Cc1cccc(S(=O)CC2CCC3(CCCC3)O2)c1N. The Morgan fingerprint density at radius 3 is 2.85 bits per heavy atom. The van der Waals surface area contributed by atoms with E-state index in [0.717, 1.165) is 23.3 Å². The largest absolute Gasteiger partial charge is 0.398 e. The zero-order valence-electron chi connectivity index (χ0n) is 12.1. The minimum absolute atomic E-state index is 0.118. The fraction of sp³-hybridized carbons (Fsp3) is 0.625. The molecule has 0 amide bonds. The van der Waals surface area contributed by atoms with Gasteiger partial charge >= 0.3 is 0 Å². The molecular formula is C16H23NO2S. The van der Waals surface area contributed by atoms with Gasteiger partial charge < -0.3 is 10.5 Å². The Bertz CT molecular complexity index is 523. The van der Waals surface area contributed by atoms with Crippen LogP contribution < -0.4 is 5.73 Å². The van der Waals surface area contributed by atoms with Crippen LogP contribution in [0.3, 0.4) is 0 Å². The molecule has 1 spiro atoms. The van der Waals surface area contributed by atoms with Crippen LogP contribution in [0.5, 0.6) is 0 Å².